The zero-order valence-electron chi connectivity index (χ0n) is 8.95. The Labute approximate surface area is 88.7 Å². The van der Waals surface area contributed by atoms with E-state index < -0.39 is 25.9 Å². The van der Waals surface area contributed by atoms with E-state index in [2.05, 4.69) is 4.52 Å². The predicted molar refractivity (Wildman–Crippen MR) is 50.6 cm³/mol. The second-order valence-corrected chi connectivity index (χ2v) is 5.44. The minimum absolute atomic E-state index is 0.128. The van der Waals surface area contributed by atoms with Crippen LogP contribution in [-0.2, 0) is 18.6 Å². The van der Waals surface area contributed by atoms with Crippen LogP contribution in [0.5, 0.6) is 0 Å². The third-order valence-electron chi connectivity index (χ3n) is 2.32. The molecule has 0 radical (unpaired) electrons. The minimum atomic E-state index is -3.76. The van der Waals surface area contributed by atoms with Gasteiger partial charge in [-0.15, -0.1) is 0 Å². The Hall–Kier alpha value is 0.0300. The molecule has 15 heavy (non-hydrogen) atoms. The molecule has 0 aliphatic carbocycles. The van der Waals surface area contributed by atoms with E-state index in [1.54, 1.807) is 6.92 Å². The summed E-state index contributed by atoms with van der Waals surface area (Å²) >= 11 is 0. The molecule has 0 aromatic heterocycles. The minimum Gasteiger partial charge on any atom is -0.779 e. The van der Waals surface area contributed by atoms with Crippen molar-refractivity contribution in [1.82, 2.24) is 0 Å². The maximum atomic E-state index is 10.8. The van der Waals surface area contributed by atoms with Gasteiger partial charge in [0, 0.05) is 13.8 Å². The monoisotopic (exact) mass is 239 g/mol. The third-order valence-corrected chi connectivity index (χ3v) is 2.94. The number of aliphatic hydroxyl groups excluding tert-OH is 1. The van der Waals surface area contributed by atoms with Crippen LogP contribution in [0.1, 0.15) is 6.92 Å². The molecule has 7 heteroatoms. The van der Waals surface area contributed by atoms with E-state index in [1.165, 1.54) is 7.11 Å². The second-order valence-electron chi connectivity index (χ2n) is 3.64. The molecule has 0 amide bonds. The van der Waals surface area contributed by atoms with Crippen LogP contribution >= 0.6 is 7.60 Å². The quantitative estimate of drug-likeness (QED) is 0.656. The fourth-order valence-electron chi connectivity index (χ4n) is 1.55. The SMILES string of the molecule is CO[C@H]1[C@@H](O)[C@H](C)O[C@@H]1COP(C)(=O)[O-]. The first-order valence-corrected chi connectivity index (χ1v) is 6.63. The molecule has 1 aliphatic rings. The van der Waals surface area contributed by atoms with Crippen molar-refractivity contribution in [2.45, 2.75) is 31.3 Å². The van der Waals surface area contributed by atoms with Gasteiger partial charge < -0.3 is 28.6 Å². The lowest BCUT2D eigenvalue weighted by atomic mass is 10.1. The molecule has 0 saturated carbocycles. The van der Waals surface area contributed by atoms with E-state index in [0.717, 1.165) is 6.66 Å². The second kappa shape index (κ2) is 4.91. The number of rotatable bonds is 4. The number of methoxy groups -OCH3 is 1. The van der Waals surface area contributed by atoms with E-state index in [0.29, 0.717) is 0 Å². The van der Waals surface area contributed by atoms with Crippen molar-refractivity contribution in [2.75, 3.05) is 20.4 Å². The molecule has 1 rings (SSSR count). The molecule has 90 valence electrons. The Kier molecular flexibility index (Phi) is 4.29. The average Bonchev–Trinajstić information content (AvgIpc) is 2.38. The van der Waals surface area contributed by atoms with Crippen LogP contribution in [0.3, 0.4) is 0 Å². The Morgan fingerprint density at radius 2 is 2.20 bits per heavy atom. The molecule has 1 unspecified atom stereocenters. The number of hydrogen-bond acceptors (Lipinski definition) is 6. The Morgan fingerprint density at radius 3 is 2.67 bits per heavy atom. The summed E-state index contributed by atoms with van der Waals surface area (Å²) in [6.45, 7) is 2.56. The van der Waals surface area contributed by atoms with Crippen LogP contribution in [0.4, 0.5) is 0 Å². The molecule has 1 heterocycles. The van der Waals surface area contributed by atoms with Crippen molar-refractivity contribution >= 4 is 7.60 Å². The summed E-state index contributed by atoms with van der Waals surface area (Å²) in [6, 6.07) is 0. The summed E-state index contributed by atoms with van der Waals surface area (Å²) in [4.78, 5) is 10.8. The topological polar surface area (TPSA) is 88.1 Å². The summed E-state index contributed by atoms with van der Waals surface area (Å²) in [5.41, 5.74) is 0. The highest BCUT2D eigenvalue weighted by atomic mass is 31.2. The van der Waals surface area contributed by atoms with Crippen LogP contribution < -0.4 is 4.89 Å². The van der Waals surface area contributed by atoms with Gasteiger partial charge in [0.15, 0.2) is 0 Å². The van der Waals surface area contributed by atoms with Crippen LogP contribution in [0.15, 0.2) is 0 Å². The largest absolute Gasteiger partial charge is 0.779 e. The van der Waals surface area contributed by atoms with Crippen LogP contribution in [-0.4, -0.2) is 49.9 Å². The molecule has 0 spiro atoms. The van der Waals surface area contributed by atoms with Crippen molar-refractivity contribution in [3.8, 4) is 0 Å². The van der Waals surface area contributed by atoms with Crippen molar-refractivity contribution in [3.05, 3.63) is 0 Å². The highest BCUT2D eigenvalue weighted by molar-refractivity contribution is 7.50. The van der Waals surface area contributed by atoms with Gasteiger partial charge in [0.2, 0.25) is 0 Å². The summed E-state index contributed by atoms with van der Waals surface area (Å²) in [7, 11) is -2.33. The van der Waals surface area contributed by atoms with Crippen LogP contribution in [0.2, 0.25) is 0 Å². The number of aliphatic hydroxyl groups is 1. The van der Waals surface area contributed by atoms with Crippen molar-refractivity contribution in [1.29, 1.82) is 0 Å². The van der Waals surface area contributed by atoms with Gasteiger partial charge in [-0.25, -0.2) is 0 Å². The number of ether oxygens (including phenoxy) is 2. The normalized spacial score (nSPS) is 40.3. The highest BCUT2D eigenvalue weighted by Gasteiger charge is 2.41. The highest BCUT2D eigenvalue weighted by Crippen LogP contribution is 2.33. The maximum absolute atomic E-state index is 10.8. The lowest BCUT2D eigenvalue weighted by Crippen LogP contribution is -2.35. The molecular weight excluding hydrogens is 223 g/mol. The first-order valence-electron chi connectivity index (χ1n) is 4.64. The van der Waals surface area contributed by atoms with E-state index in [4.69, 9.17) is 9.47 Å². The van der Waals surface area contributed by atoms with Gasteiger partial charge in [-0.05, 0) is 6.92 Å². The van der Waals surface area contributed by atoms with Gasteiger partial charge in [0.1, 0.15) is 25.9 Å². The molecule has 1 N–H and O–H groups in total. The van der Waals surface area contributed by atoms with Gasteiger partial charge in [-0.2, -0.15) is 0 Å². The summed E-state index contributed by atoms with van der Waals surface area (Å²) < 4.78 is 25.8. The third kappa shape index (κ3) is 3.52. The number of hydrogen-bond donors (Lipinski definition) is 1. The first-order chi connectivity index (χ1) is 6.85. The molecule has 0 bridgehead atoms. The average molecular weight is 239 g/mol. The van der Waals surface area contributed by atoms with E-state index >= 15 is 0 Å². The van der Waals surface area contributed by atoms with Crippen LogP contribution in [0, 0.1) is 0 Å². The Balaban J connectivity index is 2.52. The van der Waals surface area contributed by atoms with E-state index in [9.17, 15) is 14.6 Å². The van der Waals surface area contributed by atoms with Gasteiger partial charge in [-0.1, -0.05) is 0 Å². The zero-order chi connectivity index (χ0) is 11.6. The lowest BCUT2D eigenvalue weighted by molar-refractivity contribution is -0.199. The summed E-state index contributed by atoms with van der Waals surface area (Å²) in [5.74, 6) is 0. The van der Waals surface area contributed by atoms with Gasteiger partial charge in [0.25, 0.3) is 0 Å². The van der Waals surface area contributed by atoms with Crippen molar-refractivity contribution in [3.63, 3.8) is 0 Å². The molecule has 1 saturated heterocycles. The molecule has 1 aliphatic heterocycles. The van der Waals surface area contributed by atoms with Gasteiger partial charge in [-0.3, -0.25) is 0 Å². The van der Waals surface area contributed by atoms with E-state index in [-0.39, 0.29) is 12.7 Å². The first kappa shape index (κ1) is 13.1. The lowest BCUT2D eigenvalue weighted by Gasteiger charge is -2.23. The smallest absolute Gasteiger partial charge is 0.131 e. The zero-order valence-corrected chi connectivity index (χ0v) is 9.85. The van der Waals surface area contributed by atoms with Gasteiger partial charge >= 0.3 is 0 Å². The summed E-state index contributed by atoms with van der Waals surface area (Å²) in [5, 5.41) is 9.60. The van der Waals surface area contributed by atoms with Crippen LogP contribution in [0.25, 0.3) is 0 Å². The van der Waals surface area contributed by atoms with Crippen molar-refractivity contribution in [2.24, 2.45) is 0 Å². The molecular formula is C8H16O6P-. The van der Waals surface area contributed by atoms with Gasteiger partial charge in [0.05, 0.1) is 12.7 Å². The summed E-state index contributed by atoms with van der Waals surface area (Å²) in [6.07, 6.45) is -2.24. The molecule has 0 aromatic rings. The molecule has 6 nitrogen and oxygen atoms in total. The fraction of sp³-hybridized carbons (Fsp3) is 1.00. The Morgan fingerprint density at radius 1 is 1.60 bits per heavy atom. The molecule has 5 atom stereocenters. The standard InChI is InChI=1S/C8H17O6P/c1-5-7(9)8(12-2)6(14-5)4-13-15(3,10)11/h5-9H,4H2,1-3H3,(H,10,11)/p-1/t5-,6+,7-,8+/m0/s1. The molecule has 1 fully saturated rings. The molecule has 0 aromatic carbocycles. The van der Waals surface area contributed by atoms with Crippen molar-refractivity contribution < 1.29 is 28.6 Å². The maximum Gasteiger partial charge on any atom is 0.131 e. The Bertz CT molecular complexity index is 252. The fourth-order valence-corrected chi connectivity index (χ4v) is 1.97. The van der Waals surface area contributed by atoms with E-state index in [1.807, 2.05) is 0 Å². The predicted octanol–water partition coefficient (Wildman–Crippen LogP) is -0.651.